The van der Waals surface area contributed by atoms with Crippen molar-refractivity contribution in [3.63, 3.8) is 0 Å². The zero-order chi connectivity index (χ0) is 21.0. The van der Waals surface area contributed by atoms with E-state index in [0.717, 1.165) is 12.2 Å². The van der Waals surface area contributed by atoms with Crippen molar-refractivity contribution in [2.45, 2.75) is 53.4 Å². The van der Waals surface area contributed by atoms with Crippen molar-refractivity contribution >= 4 is 0 Å². The van der Waals surface area contributed by atoms with Gasteiger partial charge < -0.3 is 4.57 Å². The molecule has 0 N–H and O–H groups in total. The molecule has 3 aromatic rings. The molecule has 0 aliphatic rings. The topological polar surface area (TPSA) is 8.17 Å². The summed E-state index contributed by atoms with van der Waals surface area (Å²) in [7, 11) is 0. The van der Waals surface area contributed by atoms with E-state index in [4.69, 9.17) is 0 Å². The van der Waals surface area contributed by atoms with Crippen LogP contribution in [0.5, 0.6) is 0 Å². The third-order valence-electron chi connectivity index (χ3n) is 5.69. The number of benzene rings is 2. The van der Waals surface area contributed by atoms with E-state index < -0.39 is 11.6 Å². The van der Waals surface area contributed by atoms with E-state index in [2.05, 4.69) is 73.7 Å². The molecule has 0 fully saturated rings. The van der Waals surface area contributed by atoms with Gasteiger partial charge >= 0.3 is 0 Å². The number of halogens is 2. The van der Waals surface area contributed by atoms with E-state index >= 15 is 0 Å². The molecule has 0 amide bonds. The predicted molar refractivity (Wildman–Crippen MR) is 115 cm³/mol. The van der Waals surface area contributed by atoms with Gasteiger partial charge in [0.1, 0.15) is 11.6 Å². The summed E-state index contributed by atoms with van der Waals surface area (Å²) in [6.45, 7) is 10.1. The molecule has 2 aromatic carbocycles. The Bertz CT molecular complexity index is 925. The quantitative estimate of drug-likeness (QED) is 0.442. The molecule has 3 rings (SSSR count). The van der Waals surface area contributed by atoms with Crippen molar-refractivity contribution in [2.75, 3.05) is 0 Å². The Labute approximate surface area is 172 Å². The minimum Gasteiger partial charge on any atom is -0.346 e. The van der Waals surface area contributed by atoms with Crippen molar-refractivity contribution in [1.82, 2.24) is 9.47 Å². The Morgan fingerprint density at radius 3 is 2.24 bits per heavy atom. The second-order valence-corrected chi connectivity index (χ2v) is 8.21. The first kappa shape index (κ1) is 21.3. The normalized spacial score (nSPS) is 12.7. The van der Waals surface area contributed by atoms with Crippen molar-refractivity contribution in [3.05, 3.63) is 94.8 Å². The van der Waals surface area contributed by atoms with Gasteiger partial charge in [-0.05, 0) is 49.6 Å². The maximum absolute atomic E-state index is 14.3. The molecule has 0 saturated carbocycles. The van der Waals surface area contributed by atoms with Gasteiger partial charge in [0.25, 0.3) is 0 Å². The van der Waals surface area contributed by atoms with Gasteiger partial charge in [0.2, 0.25) is 0 Å². The third-order valence-corrected chi connectivity index (χ3v) is 5.69. The van der Waals surface area contributed by atoms with Crippen LogP contribution in [0.4, 0.5) is 8.78 Å². The largest absolute Gasteiger partial charge is 0.346 e. The van der Waals surface area contributed by atoms with Gasteiger partial charge in [-0.3, -0.25) is 4.90 Å². The van der Waals surface area contributed by atoms with Gasteiger partial charge in [0, 0.05) is 43.1 Å². The third kappa shape index (κ3) is 5.33. The van der Waals surface area contributed by atoms with E-state index in [1.165, 1.54) is 29.3 Å². The van der Waals surface area contributed by atoms with Crippen molar-refractivity contribution in [2.24, 2.45) is 5.92 Å². The van der Waals surface area contributed by atoms with Crippen LogP contribution in [0.25, 0.3) is 0 Å². The van der Waals surface area contributed by atoms with Crippen LogP contribution in [0.15, 0.2) is 60.8 Å². The smallest absolute Gasteiger partial charge is 0.130 e. The van der Waals surface area contributed by atoms with Crippen LogP contribution in [-0.4, -0.2) is 15.5 Å². The predicted octanol–water partition coefficient (Wildman–Crippen LogP) is 6.17. The van der Waals surface area contributed by atoms with Crippen LogP contribution in [0, 0.1) is 24.5 Å². The molecule has 0 saturated heterocycles. The van der Waals surface area contributed by atoms with Gasteiger partial charge in [0.05, 0.1) is 0 Å². The molecule has 29 heavy (non-hydrogen) atoms. The molecule has 1 aromatic heterocycles. The monoisotopic (exact) mass is 396 g/mol. The molecule has 1 heterocycles. The molecular formula is C25H30F2N2. The first-order chi connectivity index (χ1) is 13.8. The summed E-state index contributed by atoms with van der Waals surface area (Å²) in [5.41, 5.74) is 3.75. The summed E-state index contributed by atoms with van der Waals surface area (Å²) in [6.07, 6.45) is 2.07. The van der Waals surface area contributed by atoms with Crippen molar-refractivity contribution in [3.8, 4) is 0 Å². The van der Waals surface area contributed by atoms with E-state index in [1.54, 1.807) is 0 Å². The van der Waals surface area contributed by atoms with Crippen LogP contribution in [0.1, 0.15) is 43.2 Å². The Morgan fingerprint density at radius 2 is 1.59 bits per heavy atom. The molecule has 2 nitrogen and oxygen atoms in total. The second-order valence-electron chi connectivity index (χ2n) is 8.21. The molecule has 0 bridgehead atoms. The summed E-state index contributed by atoms with van der Waals surface area (Å²) in [6, 6.07) is 16.9. The fraction of sp³-hybridized carbons (Fsp3) is 0.360. The van der Waals surface area contributed by atoms with Crippen LogP contribution in [-0.2, 0) is 19.6 Å². The summed E-state index contributed by atoms with van der Waals surface area (Å²) in [5, 5.41) is 0. The maximum atomic E-state index is 14.3. The Balaban J connectivity index is 1.84. The minimum atomic E-state index is -0.485. The fourth-order valence-electron chi connectivity index (χ4n) is 3.61. The number of hydrogen-bond donors (Lipinski definition) is 0. The highest BCUT2D eigenvalue weighted by Gasteiger charge is 2.22. The van der Waals surface area contributed by atoms with Crippen molar-refractivity contribution < 1.29 is 8.78 Å². The molecule has 0 spiro atoms. The number of hydrogen-bond acceptors (Lipinski definition) is 1. The number of aryl methyl sites for hydroxylation is 1. The zero-order valence-electron chi connectivity index (χ0n) is 17.7. The molecule has 0 aliphatic carbocycles. The fourth-order valence-corrected chi connectivity index (χ4v) is 3.61. The maximum Gasteiger partial charge on any atom is 0.130 e. The molecule has 0 radical (unpaired) electrons. The van der Waals surface area contributed by atoms with Crippen molar-refractivity contribution in [1.29, 1.82) is 0 Å². The highest BCUT2D eigenvalue weighted by molar-refractivity contribution is 5.24. The molecule has 154 valence electrons. The first-order valence-electron chi connectivity index (χ1n) is 10.2. The van der Waals surface area contributed by atoms with Crippen LogP contribution >= 0.6 is 0 Å². The average molecular weight is 397 g/mol. The lowest BCUT2D eigenvalue weighted by molar-refractivity contribution is 0.144. The summed E-state index contributed by atoms with van der Waals surface area (Å²) in [4.78, 5) is 2.16. The first-order valence-corrected chi connectivity index (χ1v) is 10.2. The lowest BCUT2D eigenvalue weighted by Gasteiger charge is -2.32. The van der Waals surface area contributed by atoms with E-state index in [-0.39, 0.29) is 18.2 Å². The van der Waals surface area contributed by atoms with Crippen LogP contribution < -0.4 is 0 Å². The highest BCUT2D eigenvalue weighted by Crippen LogP contribution is 2.22. The zero-order valence-corrected chi connectivity index (χ0v) is 17.7. The average Bonchev–Trinajstić information content (AvgIpc) is 3.10. The van der Waals surface area contributed by atoms with Crippen LogP contribution in [0.3, 0.4) is 0 Å². The Hall–Kier alpha value is -2.46. The van der Waals surface area contributed by atoms with Gasteiger partial charge in [-0.2, -0.15) is 0 Å². The van der Waals surface area contributed by atoms with E-state index in [0.29, 0.717) is 12.5 Å². The molecule has 1 atom stereocenters. The van der Waals surface area contributed by atoms with Gasteiger partial charge in [0.15, 0.2) is 0 Å². The molecular weight excluding hydrogens is 366 g/mol. The second kappa shape index (κ2) is 9.36. The standard InChI is InChI=1S/C25H30F2N2/c1-18(2)20(4)29(17-23-24(26)11-6-12-25(23)27)16-22-10-7-13-28(22)15-21-9-5-8-19(3)14-21/h5-14,18,20H,15-17H2,1-4H3/t20-/m1/s1. The Kier molecular flexibility index (Phi) is 6.86. The van der Waals surface area contributed by atoms with E-state index in [9.17, 15) is 8.78 Å². The number of rotatable bonds is 8. The lowest BCUT2D eigenvalue weighted by atomic mass is 10.0. The molecule has 4 heteroatoms. The Morgan fingerprint density at radius 1 is 0.897 bits per heavy atom. The number of aromatic nitrogens is 1. The van der Waals surface area contributed by atoms with Gasteiger partial charge in [-0.25, -0.2) is 8.78 Å². The minimum absolute atomic E-state index is 0.136. The summed E-state index contributed by atoms with van der Waals surface area (Å²) < 4.78 is 30.8. The number of nitrogens with zero attached hydrogens (tertiary/aromatic N) is 2. The SMILES string of the molecule is Cc1cccc(Cn2cccc2CN(Cc2c(F)cccc2F)[C@H](C)C(C)C)c1. The van der Waals surface area contributed by atoms with Gasteiger partial charge in [-0.1, -0.05) is 49.7 Å². The van der Waals surface area contributed by atoms with Gasteiger partial charge in [-0.15, -0.1) is 0 Å². The summed E-state index contributed by atoms with van der Waals surface area (Å²) in [5.74, 6) is -0.604. The lowest BCUT2D eigenvalue weighted by Crippen LogP contribution is -2.37. The van der Waals surface area contributed by atoms with E-state index in [1.807, 2.05) is 6.07 Å². The highest BCUT2D eigenvalue weighted by atomic mass is 19.1. The summed E-state index contributed by atoms with van der Waals surface area (Å²) >= 11 is 0. The molecule has 0 unspecified atom stereocenters. The molecule has 0 aliphatic heterocycles. The van der Waals surface area contributed by atoms with Crippen LogP contribution in [0.2, 0.25) is 0 Å².